The summed E-state index contributed by atoms with van der Waals surface area (Å²) in [6, 6.07) is 11.2. The molecule has 0 heterocycles. The van der Waals surface area contributed by atoms with Gasteiger partial charge < -0.3 is 35.2 Å². The number of rotatable bonds is 11. The molecule has 3 unspecified atom stereocenters. The Morgan fingerprint density at radius 1 is 0.857 bits per heavy atom. The molecule has 0 radical (unpaired) electrons. The molecule has 2 aromatic rings. The van der Waals surface area contributed by atoms with Crippen molar-refractivity contribution in [2.24, 2.45) is 0 Å². The molecule has 0 aliphatic heterocycles. The number of para-hydroxylation sites is 1. The van der Waals surface area contributed by atoms with Crippen molar-refractivity contribution in [2.45, 2.75) is 84.2 Å². The Balaban J connectivity index is 2.49. The van der Waals surface area contributed by atoms with Gasteiger partial charge in [0.05, 0.1) is 6.61 Å². The summed E-state index contributed by atoms with van der Waals surface area (Å²) in [6.07, 6.45) is -0.747. The lowest BCUT2D eigenvalue weighted by Gasteiger charge is -2.34. The number of aliphatic hydroxyl groups excluding tert-OH is 1. The van der Waals surface area contributed by atoms with Crippen molar-refractivity contribution in [3.63, 3.8) is 0 Å². The van der Waals surface area contributed by atoms with E-state index in [1.165, 1.54) is 19.1 Å². The van der Waals surface area contributed by atoms with Crippen molar-refractivity contribution in [3.05, 3.63) is 65.7 Å². The minimum Gasteiger partial charge on any atom is -0.508 e. The summed E-state index contributed by atoms with van der Waals surface area (Å²) in [7, 11) is 0. The van der Waals surface area contributed by atoms with E-state index in [0.29, 0.717) is 0 Å². The van der Waals surface area contributed by atoms with Crippen LogP contribution >= 0.6 is 0 Å². The third-order valence-corrected chi connectivity index (χ3v) is 5.81. The first-order chi connectivity index (χ1) is 19.5. The zero-order chi connectivity index (χ0) is 31.7. The number of hydrogen-bond donors (Lipinski definition) is 4. The Hall–Kier alpha value is -4.12. The van der Waals surface area contributed by atoms with Gasteiger partial charge in [-0.25, -0.2) is 9.59 Å². The van der Waals surface area contributed by atoms with Gasteiger partial charge in [0.15, 0.2) is 0 Å². The number of phenolic OH excluding ortho intramolecular Hbond substituents is 1. The normalized spacial score (nSPS) is 13.7. The van der Waals surface area contributed by atoms with Gasteiger partial charge in [-0.15, -0.1) is 0 Å². The van der Waals surface area contributed by atoms with Gasteiger partial charge in [-0.3, -0.25) is 9.59 Å². The zero-order valence-corrected chi connectivity index (χ0v) is 25.3. The number of carbonyl (C=O) groups is 4. The first-order valence-electron chi connectivity index (χ1n) is 13.8. The zero-order valence-electron chi connectivity index (χ0n) is 25.3. The number of aliphatic hydroxyl groups is 1. The molecule has 2 aromatic carbocycles. The van der Waals surface area contributed by atoms with Gasteiger partial charge in [-0.05, 0) is 60.1 Å². The largest absolute Gasteiger partial charge is 0.508 e. The number of ether oxygens (including phenoxy) is 2. The van der Waals surface area contributed by atoms with Crippen molar-refractivity contribution in [3.8, 4) is 5.75 Å². The highest BCUT2D eigenvalue weighted by Crippen LogP contribution is 2.30. The Morgan fingerprint density at radius 3 is 1.98 bits per heavy atom. The average molecular weight is 586 g/mol. The monoisotopic (exact) mass is 585 g/mol. The minimum atomic E-state index is -1.48. The maximum absolute atomic E-state index is 14.0. The molecule has 0 spiro atoms. The number of phenols is 1. The van der Waals surface area contributed by atoms with E-state index in [2.05, 4.69) is 10.6 Å². The predicted molar refractivity (Wildman–Crippen MR) is 156 cm³/mol. The van der Waals surface area contributed by atoms with Crippen LogP contribution in [0.25, 0.3) is 0 Å². The van der Waals surface area contributed by atoms with Gasteiger partial charge in [0.25, 0.3) is 0 Å². The van der Waals surface area contributed by atoms with Crippen molar-refractivity contribution < 1.29 is 38.9 Å². The lowest BCUT2D eigenvalue weighted by molar-refractivity contribution is -0.159. The second-order valence-corrected chi connectivity index (χ2v) is 11.9. The quantitative estimate of drug-likeness (QED) is 0.293. The van der Waals surface area contributed by atoms with Crippen LogP contribution in [0, 0.1) is 0 Å². The summed E-state index contributed by atoms with van der Waals surface area (Å²) >= 11 is 0. The predicted octanol–water partition coefficient (Wildman–Crippen LogP) is 3.24. The molecule has 3 atom stereocenters. The lowest BCUT2D eigenvalue weighted by Crippen LogP contribution is -2.54. The third kappa shape index (κ3) is 10.7. The number of nitrogens with one attached hydrogen (secondary N) is 2. The lowest BCUT2D eigenvalue weighted by atomic mass is 10.00. The van der Waals surface area contributed by atoms with E-state index in [1.807, 2.05) is 6.07 Å². The van der Waals surface area contributed by atoms with E-state index in [1.54, 1.807) is 77.9 Å². The molecule has 4 N–H and O–H groups in total. The molecule has 0 aliphatic carbocycles. The van der Waals surface area contributed by atoms with Crippen molar-refractivity contribution in [1.29, 1.82) is 0 Å². The highest BCUT2D eigenvalue weighted by Gasteiger charge is 2.38. The van der Waals surface area contributed by atoms with Crippen LogP contribution in [0.1, 0.15) is 65.6 Å². The van der Waals surface area contributed by atoms with E-state index >= 15 is 0 Å². The summed E-state index contributed by atoms with van der Waals surface area (Å²) in [4.78, 5) is 54.3. The number of esters is 1. The second kappa shape index (κ2) is 14.7. The fourth-order valence-corrected chi connectivity index (χ4v) is 4.11. The highest BCUT2D eigenvalue weighted by molar-refractivity contribution is 5.94. The second-order valence-electron chi connectivity index (χ2n) is 11.9. The van der Waals surface area contributed by atoms with Crippen LogP contribution in [0.2, 0.25) is 0 Å². The summed E-state index contributed by atoms with van der Waals surface area (Å²) in [5, 5.41) is 25.7. The fourth-order valence-electron chi connectivity index (χ4n) is 4.11. The van der Waals surface area contributed by atoms with Gasteiger partial charge in [0, 0.05) is 18.5 Å². The maximum Gasteiger partial charge on any atom is 0.408 e. The molecule has 0 aliphatic rings. The smallest absolute Gasteiger partial charge is 0.408 e. The Bertz CT molecular complexity index is 1220. The number of alkyl carbamates (subject to hydrolysis) is 1. The molecule has 0 bridgehead atoms. The molecule has 0 saturated carbocycles. The molecule has 11 nitrogen and oxygen atoms in total. The molecule has 42 heavy (non-hydrogen) atoms. The standard InChI is InChI=1S/C31H43N3O8/c1-20(32-29(40)42-31(5,6)7)27(38)34(17-18-35)25(22-15-11-12-16-24(22)36)26(37)33-23(28(39)41-30(2,3)4)19-21-13-9-8-10-14-21/h8-16,20,23,25,35-36H,17-19H2,1-7H3,(H,32,40)(H,33,37). The molecule has 230 valence electrons. The van der Waals surface area contributed by atoms with Crippen LogP contribution in [-0.4, -0.2) is 75.4 Å². The van der Waals surface area contributed by atoms with Crippen LogP contribution in [-0.2, 0) is 30.3 Å². The minimum absolute atomic E-state index is 0.0592. The van der Waals surface area contributed by atoms with Crippen molar-refractivity contribution in [2.75, 3.05) is 13.2 Å². The summed E-state index contributed by atoms with van der Waals surface area (Å²) in [6.45, 7) is 10.7. The SMILES string of the molecule is CC(NC(=O)OC(C)(C)C)C(=O)N(CCO)C(C(=O)NC(Cc1ccccc1)C(=O)OC(C)(C)C)c1ccccc1O. The molecule has 11 heteroatoms. The third-order valence-electron chi connectivity index (χ3n) is 5.81. The Labute approximate surface area is 247 Å². The van der Waals surface area contributed by atoms with Crippen LogP contribution in [0.5, 0.6) is 5.75 Å². The van der Waals surface area contributed by atoms with E-state index in [4.69, 9.17) is 9.47 Å². The van der Waals surface area contributed by atoms with E-state index in [0.717, 1.165) is 10.5 Å². The van der Waals surface area contributed by atoms with E-state index < -0.39 is 59.8 Å². The van der Waals surface area contributed by atoms with Crippen LogP contribution in [0.15, 0.2) is 54.6 Å². The highest BCUT2D eigenvalue weighted by atomic mass is 16.6. The fraction of sp³-hybridized carbons (Fsp3) is 0.484. The van der Waals surface area contributed by atoms with Crippen LogP contribution in [0.4, 0.5) is 4.79 Å². The Morgan fingerprint density at radius 2 is 1.43 bits per heavy atom. The maximum atomic E-state index is 14.0. The van der Waals surface area contributed by atoms with Gasteiger partial charge in [0.2, 0.25) is 11.8 Å². The number of hydrogen-bond acceptors (Lipinski definition) is 8. The van der Waals surface area contributed by atoms with Crippen molar-refractivity contribution in [1.82, 2.24) is 15.5 Å². The molecular weight excluding hydrogens is 542 g/mol. The molecular formula is C31H43N3O8. The average Bonchev–Trinajstić information content (AvgIpc) is 2.87. The van der Waals surface area contributed by atoms with Crippen LogP contribution in [0.3, 0.4) is 0 Å². The Kier molecular flexibility index (Phi) is 11.9. The first-order valence-corrected chi connectivity index (χ1v) is 13.8. The number of amides is 3. The van der Waals surface area contributed by atoms with Crippen molar-refractivity contribution >= 4 is 23.9 Å². The van der Waals surface area contributed by atoms with Gasteiger partial charge in [-0.1, -0.05) is 48.5 Å². The van der Waals surface area contributed by atoms with Gasteiger partial charge in [-0.2, -0.15) is 0 Å². The number of nitrogens with zero attached hydrogens (tertiary/aromatic N) is 1. The molecule has 0 saturated heterocycles. The first kappa shape index (κ1) is 34.1. The topological polar surface area (TPSA) is 154 Å². The molecule has 2 rings (SSSR count). The van der Waals surface area contributed by atoms with E-state index in [9.17, 15) is 29.4 Å². The number of carbonyl (C=O) groups excluding carboxylic acids is 4. The molecule has 0 aromatic heterocycles. The van der Waals surface area contributed by atoms with Crippen LogP contribution < -0.4 is 10.6 Å². The summed E-state index contributed by atoms with van der Waals surface area (Å²) in [5.41, 5.74) is -0.837. The number of benzene rings is 2. The van der Waals surface area contributed by atoms with E-state index in [-0.39, 0.29) is 24.3 Å². The number of aromatic hydroxyl groups is 1. The molecule has 3 amide bonds. The van der Waals surface area contributed by atoms with Gasteiger partial charge in [0.1, 0.15) is 35.1 Å². The molecule has 0 fully saturated rings. The van der Waals surface area contributed by atoms with Gasteiger partial charge >= 0.3 is 12.1 Å². The summed E-state index contributed by atoms with van der Waals surface area (Å²) < 4.78 is 10.8. The summed E-state index contributed by atoms with van der Waals surface area (Å²) in [5.74, 6) is -2.49.